The van der Waals surface area contributed by atoms with Gasteiger partial charge in [0.25, 0.3) is 0 Å². The molecule has 1 aliphatic heterocycles. The van der Waals surface area contributed by atoms with Gasteiger partial charge in [0.2, 0.25) is 5.13 Å². The second-order valence-electron chi connectivity index (χ2n) is 6.36. The van der Waals surface area contributed by atoms with Gasteiger partial charge in [0, 0.05) is 18.0 Å². The highest BCUT2D eigenvalue weighted by Gasteiger charge is 2.24. The fraction of sp³-hybridized carbons (Fsp3) is 0.300. The van der Waals surface area contributed by atoms with Crippen molar-refractivity contribution in [2.45, 2.75) is 12.5 Å². The number of hydrogen-bond donors (Lipinski definition) is 0. The van der Waals surface area contributed by atoms with E-state index in [0.29, 0.717) is 6.61 Å². The quantitative estimate of drug-likeness (QED) is 0.635. The molecule has 4 rings (SSSR count). The lowest BCUT2D eigenvalue weighted by molar-refractivity contribution is 0.0396. The zero-order valence-corrected chi connectivity index (χ0v) is 16.5. The lowest BCUT2D eigenvalue weighted by Gasteiger charge is -2.32. The van der Waals surface area contributed by atoms with Crippen molar-refractivity contribution in [3.8, 4) is 5.75 Å². The van der Waals surface area contributed by atoms with Gasteiger partial charge in [0.05, 0.1) is 20.3 Å². The number of nitrogens with zero attached hydrogens (tertiary/aromatic N) is 3. The number of hydrogen-bond acceptors (Lipinski definition) is 6. The van der Waals surface area contributed by atoms with Gasteiger partial charge in [-0.15, -0.1) is 10.2 Å². The molecule has 1 saturated heterocycles. The predicted octanol–water partition coefficient (Wildman–Crippen LogP) is 4.37. The van der Waals surface area contributed by atoms with Crippen LogP contribution in [0.4, 0.5) is 5.13 Å². The summed E-state index contributed by atoms with van der Waals surface area (Å²) in [5.41, 5.74) is 2.29. The van der Waals surface area contributed by atoms with Gasteiger partial charge < -0.3 is 14.4 Å². The van der Waals surface area contributed by atoms with Gasteiger partial charge in [-0.3, -0.25) is 0 Å². The Morgan fingerprint density at radius 2 is 2.07 bits per heavy atom. The molecule has 7 heteroatoms. The molecule has 0 aliphatic carbocycles. The number of rotatable bonds is 5. The summed E-state index contributed by atoms with van der Waals surface area (Å²) in [6.07, 6.45) is 0.760. The topological polar surface area (TPSA) is 47.5 Å². The molecule has 1 aromatic heterocycles. The lowest BCUT2D eigenvalue weighted by Crippen LogP contribution is -2.38. The standard InChI is InChI=1S/C20H20ClN3O2S/c1-25-17-4-2-3-15(12-17)18-13-24(9-10-26-18)20-23-22-19(27-20)11-14-5-7-16(21)8-6-14/h2-8,12,18H,9-11,13H2,1H3. The van der Waals surface area contributed by atoms with Crippen molar-refractivity contribution in [1.82, 2.24) is 10.2 Å². The maximum atomic E-state index is 5.98. The van der Waals surface area contributed by atoms with Crippen LogP contribution in [0.5, 0.6) is 5.75 Å². The Labute approximate surface area is 167 Å². The first-order chi connectivity index (χ1) is 13.2. The third-order valence-corrected chi connectivity index (χ3v) is 5.76. The van der Waals surface area contributed by atoms with Crippen LogP contribution >= 0.6 is 22.9 Å². The van der Waals surface area contributed by atoms with Crippen molar-refractivity contribution in [3.05, 3.63) is 69.7 Å². The summed E-state index contributed by atoms with van der Waals surface area (Å²) in [6.45, 7) is 2.23. The van der Waals surface area contributed by atoms with Gasteiger partial charge >= 0.3 is 0 Å². The minimum atomic E-state index is -0.00235. The molecule has 0 amide bonds. The first-order valence-corrected chi connectivity index (χ1v) is 9.98. The smallest absolute Gasteiger partial charge is 0.208 e. The van der Waals surface area contributed by atoms with Crippen LogP contribution in [0.1, 0.15) is 22.2 Å². The molecular weight excluding hydrogens is 382 g/mol. The van der Waals surface area contributed by atoms with E-state index in [-0.39, 0.29) is 6.10 Å². The van der Waals surface area contributed by atoms with E-state index in [9.17, 15) is 0 Å². The number of anilines is 1. The molecule has 5 nitrogen and oxygen atoms in total. The van der Waals surface area contributed by atoms with E-state index in [0.717, 1.165) is 46.0 Å². The molecule has 0 radical (unpaired) electrons. The largest absolute Gasteiger partial charge is 0.497 e. The summed E-state index contributed by atoms with van der Waals surface area (Å²) in [5, 5.41) is 11.5. The van der Waals surface area contributed by atoms with Gasteiger partial charge in [-0.1, -0.05) is 47.2 Å². The van der Waals surface area contributed by atoms with E-state index in [4.69, 9.17) is 21.1 Å². The average molecular weight is 402 g/mol. The zero-order chi connectivity index (χ0) is 18.6. The van der Waals surface area contributed by atoms with Gasteiger partial charge in [0.15, 0.2) is 0 Å². The second kappa shape index (κ2) is 8.25. The van der Waals surface area contributed by atoms with Crippen molar-refractivity contribution >= 4 is 28.1 Å². The van der Waals surface area contributed by atoms with E-state index < -0.39 is 0 Å². The highest BCUT2D eigenvalue weighted by atomic mass is 35.5. The Balaban J connectivity index is 1.45. The first kappa shape index (κ1) is 18.2. The Morgan fingerprint density at radius 1 is 1.22 bits per heavy atom. The van der Waals surface area contributed by atoms with E-state index in [1.807, 2.05) is 42.5 Å². The fourth-order valence-electron chi connectivity index (χ4n) is 3.09. The van der Waals surface area contributed by atoms with Gasteiger partial charge in [-0.2, -0.15) is 0 Å². The molecule has 0 N–H and O–H groups in total. The normalized spacial score (nSPS) is 17.1. The molecule has 2 heterocycles. The zero-order valence-electron chi connectivity index (χ0n) is 15.0. The number of halogens is 1. The highest BCUT2D eigenvalue weighted by Crippen LogP contribution is 2.30. The van der Waals surface area contributed by atoms with Crippen molar-refractivity contribution in [3.63, 3.8) is 0 Å². The van der Waals surface area contributed by atoms with Crippen molar-refractivity contribution in [2.24, 2.45) is 0 Å². The van der Waals surface area contributed by atoms with Gasteiger partial charge in [-0.25, -0.2) is 0 Å². The maximum absolute atomic E-state index is 5.98. The molecule has 0 saturated carbocycles. The molecular formula is C20H20ClN3O2S. The monoisotopic (exact) mass is 401 g/mol. The summed E-state index contributed by atoms with van der Waals surface area (Å²) in [6, 6.07) is 15.9. The predicted molar refractivity (Wildman–Crippen MR) is 108 cm³/mol. The molecule has 27 heavy (non-hydrogen) atoms. The molecule has 0 bridgehead atoms. The summed E-state index contributed by atoms with van der Waals surface area (Å²) in [4.78, 5) is 2.25. The SMILES string of the molecule is COc1cccc(C2CN(c3nnc(Cc4ccc(Cl)cc4)s3)CCO2)c1. The Bertz CT molecular complexity index is 900. The summed E-state index contributed by atoms with van der Waals surface area (Å²) in [7, 11) is 1.68. The summed E-state index contributed by atoms with van der Waals surface area (Å²) < 4.78 is 11.3. The van der Waals surface area contributed by atoms with Gasteiger partial charge in [0.1, 0.15) is 16.9 Å². The molecule has 1 unspecified atom stereocenters. The van der Waals surface area contributed by atoms with Crippen LogP contribution in [-0.4, -0.2) is 37.0 Å². The molecule has 1 aliphatic rings. The molecule has 1 atom stereocenters. The van der Waals surface area contributed by atoms with E-state index >= 15 is 0 Å². The lowest BCUT2D eigenvalue weighted by atomic mass is 10.1. The van der Waals surface area contributed by atoms with Crippen LogP contribution in [0.2, 0.25) is 5.02 Å². The molecule has 2 aromatic carbocycles. The van der Waals surface area contributed by atoms with Crippen molar-refractivity contribution in [1.29, 1.82) is 0 Å². The van der Waals surface area contributed by atoms with Crippen molar-refractivity contribution in [2.75, 3.05) is 31.7 Å². The highest BCUT2D eigenvalue weighted by molar-refractivity contribution is 7.15. The minimum absolute atomic E-state index is 0.00235. The second-order valence-corrected chi connectivity index (χ2v) is 7.84. The van der Waals surface area contributed by atoms with E-state index in [1.54, 1.807) is 18.4 Å². The van der Waals surface area contributed by atoms with Gasteiger partial charge in [-0.05, 0) is 35.4 Å². The Kier molecular flexibility index (Phi) is 5.57. The fourth-order valence-corrected chi connectivity index (χ4v) is 4.12. The Hall–Kier alpha value is -2.15. The number of aromatic nitrogens is 2. The third kappa shape index (κ3) is 4.40. The average Bonchev–Trinajstić information content (AvgIpc) is 3.18. The third-order valence-electron chi connectivity index (χ3n) is 4.53. The molecule has 3 aromatic rings. The van der Waals surface area contributed by atoms with Crippen LogP contribution in [0, 0.1) is 0 Å². The van der Waals surface area contributed by atoms with E-state index in [2.05, 4.69) is 21.2 Å². The molecule has 1 fully saturated rings. The van der Waals surface area contributed by atoms with Crippen LogP contribution in [0.3, 0.4) is 0 Å². The molecule has 0 spiro atoms. The number of morpholine rings is 1. The van der Waals surface area contributed by atoms with Crippen LogP contribution < -0.4 is 9.64 Å². The van der Waals surface area contributed by atoms with Crippen LogP contribution in [-0.2, 0) is 11.2 Å². The van der Waals surface area contributed by atoms with Crippen LogP contribution in [0.25, 0.3) is 0 Å². The number of benzene rings is 2. The van der Waals surface area contributed by atoms with Crippen molar-refractivity contribution < 1.29 is 9.47 Å². The number of ether oxygens (including phenoxy) is 2. The van der Waals surface area contributed by atoms with Crippen LogP contribution in [0.15, 0.2) is 48.5 Å². The summed E-state index contributed by atoms with van der Waals surface area (Å²) >= 11 is 7.59. The maximum Gasteiger partial charge on any atom is 0.208 e. The minimum Gasteiger partial charge on any atom is -0.497 e. The first-order valence-electron chi connectivity index (χ1n) is 8.78. The molecule has 140 valence electrons. The Morgan fingerprint density at radius 3 is 2.89 bits per heavy atom. The van der Waals surface area contributed by atoms with E-state index in [1.165, 1.54) is 5.56 Å². The summed E-state index contributed by atoms with van der Waals surface area (Å²) in [5.74, 6) is 0.842. The number of methoxy groups -OCH3 is 1.